The standard InChI is InChI=1S/C18H21N3O4/c1-24-18(23)21-10-5-8-15(21)17(22)25-13-16-19-9-11-20(16)12-14-6-3-2-4-7-14/h2-4,6-7,9,11,15H,5,8,10,12-13H2,1H3. The van der Waals surface area contributed by atoms with E-state index >= 15 is 0 Å². The van der Waals surface area contributed by atoms with E-state index in [1.54, 1.807) is 6.20 Å². The lowest BCUT2D eigenvalue weighted by molar-refractivity contribution is -0.150. The first-order chi connectivity index (χ1) is 12.2. The lowest BCUT2D eigenvalue weighted by Crippen LogP contribution is -2.41. The van der Waals surface area contributed by atoms with Gasteiger partial charge in [-0.3, -0.25) is 4.90 Å². The summed E-state index contributed by atoms with van der Waals surface area (Å²) in [4.78, 5) is 29.7. The molecule has 7 heteroatoms. The number of likely N-dealkylation sites (tertiary alicyclic amines) is 1. The zero-order valence-corrected chi connectivity index (χ0v) is 14.1. The maximum absolute atomic E-state index is 12.3. The van der Waals surface area contributed by atoms with Crippen LogP contribution in [0.25, 0.3) is 0 Å². The summed E-state index contributed by atoms with van der Waals surface area (Å²) >= 11 is 0. The van der Waals surface area contributed by atoms with Crippen LogP contribution in [0.2, 0.25) is 0 Å². The fourth-order valence-electron chi connectivity index (χ4n) is 2.98. The summed E-state index contributed by atoms with van der Waals surface area (Å²) < 4.78 is 12.1. The van der Waals surface area contributed by atoms with Crippen LogP contribution >= 0.6 is 0 Å². The summed E-state index contributed by atoms with van der Waals surface area (Å²) in [6, 6.07) is 9.41. The Labute approximate surface area is 146 Å². The Morgan fingerprint density at radius 2 is 2.08 bits per heavy atom. The molecular formula is C18H21N3O4. The largest absolute Gasteiger partial charge is 0.456 e. The number of hydrogen-bond acceptors (Lipinski definition) is 5. The van der Waals surface area contributed by atoms with Crippen LogP contribution in [0.4, 0.5) is 4.79 Å². The molecule has 1 saturated heterocycles. The smallest absolute Gasteiger partial charge is 0.410 e. The van der Waals surface area contributed by atoms with Crippen LogP contribution in [0.5, 0.6) is 0 Å². The Morgan fingerprint density at radius 1 is 1.28 bits per heavy atom. The number of ether oxygens (including phenoxy) is 2. The highest BCUT2D eigenvalue weighted by atomic mass is 16.6. The second kappa shape index (κ2) is 7.83. The Hall–Kier alpha value is -2.83. The lowest BCUT2D eigenvalue weighted by Gasteiger charge is -2.21. The molecule has 3 rings (SSSR count). The topological polar surface area (TPSA) is 73.7 Å². The normalized spacial score (nSPS) is 16.7. The van der Waals surface area contributed by atoms with Crippen LogP contribution in [-0.4, -0.2) is 46.2 Å². The van der Waals surface area contributed by atoms with Crippen LogP contribution in [0.15, 0.2) is 42.7 Å². The van der Waals surface area contributed by atoms with Gasteiger partial charge in [-0.15, -0.1) is 0 Å². The average Bonchev–Trinajstić information content (AvgIpc) is 3.29. The number of carbonyl (C=O) groups excluding carboxylic acids is 2. The maximum Gasteiger partial charge on any atom is 0.410 e. The molecule has 1 aliphatic heterocycles. The monoisotopic (exact) mass is 343 g/mol. The summed E-state index contributed by atoms with van der Waals surface area (Å²) in [5.41, 5.74) is 1.14. The molecule has 0 aliphatic carbocycles. The molecule has 1 atom stereocenters. The van der Waals surface area contributed by atoms with Gasteiger partial charge in [0, 0.05) is 25.5 Å². The van der Waals surface area contributed by atoms with Gasteiger partial charge in [0.05, 0.1) is 7.11 Å². The van der Waals surface area contributed by atoms with E-state index in [-0.39, 0.29) is 6.61 Å². The van der Waals surface area contributed by atoms with Gasteiger partial charge in [-0.2, -0.15) is 0 Å². The summed E-state index contributed by atoms with van der Waals surface area (Å²) in [5, 5.41) is 0. The molecule has 1 fully saturated rings. The van der Waals surface area contributed by atoms with Crippen molar-refractivity contribution < 1.29 is 19.1 Å². The molecule has 132 valence electrons. The van der Waals surface area contributed by atoms with Gasteiger partial charge in [-0.05, 0) is 18.4 Å². The third-order valence-corrected chi connectivity index (χ3v) is 4.27. The fourth-order valence-corrected chi connectivity index (χ4v) is 2.98. The van der Waals surface area contributed by atoms with Crippen molar-refractivity contribution in [1.82, 2.24) is 14.5 Å². The van der Waals surface area contributed by atoms with Crippen molar-refractivity contribution in [3.8, 4) is 0 Å². The summed E-state index contributed by atoms with van der Waals surface area (Å²) in [7, 11) is 1.31. The Morgan fingerprint density at radius 3 is 2.84 bits per heavy atom. The number of hydrogen-bond donors (Lipinski definition) is 0. The van der Waals surface area contributed by atoms with Crippen LogP contribution < -0.4 is 0 Å². The number of benzene rings is 1. The van der Waals surface area contributed by atoms with Gasteiger partial charge in [0.25, 0.3) is 0 Å². The molecule has 7 nitrogen and oxygen atoms in total. The van der Waals surface area contributed by atoms with Gasteiger partial charge >= 0.3 is 12.1 Å². The van der Waals surface area contributed by atoms with E-state index in [4.69, 9.17) is 9.47 Å². The predicted octanol–water partition coefficient (Wildman–Crippen LogP) is 2.21. The number of rotatable bonds is 5. The van der Waals surface area contributed by atoms with E-state index in [9.17, 15) is 9.59 Å². The van der Waals surface area contributed by atoms with Crippen molar-refractivity contribution in [3.05, 3.63) is 54.1 Å². The third kappa shape index (κ3) is 3.99. The van der Waals surface area contributed by atoms with Crippen molar-refractivity contribution in [2.75, 3.05) is 13.7 Å². The number of imidazole rings is 1. The molecule has 1 amide bonds. The molecule has 0 N–H and O–H groups in total. The molecule has 0 saturated carbocycles. The quantitative estimate of drug-likeness (QED) is 0.778. The first-order valence-electron chi connectivity index (χ1n) is 8.24. The van der Waals surface area contributed by atoms with Gasteiger partial charge in [0.1, 0.15) is 18.5 Å². The molecule has 1 aromatic heterocycles. The fraction of sp³-hybridized carbons (Fsp3) is 0.389. The second-order valence-electron chi connectivity index (χ2n) is 5.89. The minimum atomic E-state index is -0.579. The summed E-state index contributed by atoms with van der Waals surface area (Å²) in [6.07, 6.45) is 4.39. The minimum Gasteiger partial charge on any atom is -0.456 e. The second-order valence-corrected chi connectivity index (χ2v) is 5.89. The highest BCUT2D eigenvalue weighted by molar-refractivity contribution is 5.82. The highest BCUT2D eigenvalue weighted by Gasteiger charge is 2.36. The number of aromatic nitrogens is 2. The van der Waals surface area contributed by atoms with Crippen LogP contribution in [0.1, 0.15) is 24.2 Å². The number of methoxy groups -OCH3 is 1. The van der Waals surface area contributed by atoms with E-state index < -0.39 is 18.1 Å². The van der Waals surface area contributed by atoms with Crippen molar-refractivity contribution in [2.45, 2.75) is 32.0 Å². The van der Waals surface area contributed by atoms with Gasteiger partial charge in [-0.25, -0.2) is 14.6 Å². The van der Waals surface area contributed by atoms with Gasteiger partial charge < -0.3 is 14.0 Å². The molecule has 0 spiro atoms. The van der Waals surface area contributed by atoms with Crippen molar-refractivity contribution in [3.63, 3.8) is 0 Å². The highest BCUT2D eigenvalue weighted by Crippen LogP contribution is 2.20. The van der Waals surface area contributed by atoms with Gasteiger partial charge in [0.15, 0.2) is 0 Å². The molecule has 0 radical (unpaired) electrons. The zero-order valence-electron chi connectivity index (χ0n) is 14.1. The molecule has 1 aromatic carbocycles. The third-order valence-electron chi connectivity index (χ3n) is 4.27. The average molecular weight is 343 g/mol. The molecule has 2 aromatic rings. The van der Waals surface area contributed by atoms with E-state index in [2.05, 4.69) is 4.98 Å². The van der Waals surface area contributed by atoms with Crippen LogP contribution in [-0.2, 0) is 27.4 Å². The van der Waals surface area contributed by atoms with Crippen molar-refractivity contribution in [2.24, 2.45) is 0 Å². The zero-order chi connectivity index (χ0) is 17.6. The van der Waals surface area contributed by atoms with E-state index in [1.807, 2.05) is 41.1 Å². The van der Waals surface area contributed by atoms with E-state index in [0.717, 1.165) is 12.0 Å². The number of esters is 1. The predicted molar refractivity (Wildman–Crippen MR) is 89.7 cm³/mol. The van der Waals surface area contributed by atoms with E-state index in [1.165, 1.54) is 12.0 Å². The molecular weight excluding hydrogens is 322 g/mol. The molecule has 1 unspecified atom stereocenters. The molecule has 25 heavy (non-hydrogen) atoms. The molecule has 0 bridgehead atoms. The van der Waals surface area contributed by atoms with Crippen LogP contribution in [0.3, 0.4) is 0 Å². The minimum absolute atomic E-state index is 0.0736. The maximum atomic E-state index is 12.3. The first-order valence-corrected chi connectivity index (χ1v) is 8.24. The Kier molecular flexibility index (Phi) is 5.33. The molecule has 1 aliphatic rings. The van der Waals surface area contributed by atoms with E-state index in [0.29, 0.717) is 25.3 Å². The van der Waals surface area contributed by atoms with Crippen molar-refractivity contribution in [1.29, 1.82) is 0 Å². The van der Waals surface area contributed by atoms with Gasteiger partial charge in [0.2, 0.25) is 0 Å². The SMILES string of the molecule is COC(=O)N1CCCC1C(=O)OCc1nccn1Cc1ccccc1. The molecule has 2 heterocycles. The first kappa shape index (κ1) is 17.0. The number of nitrogens with zero attached hydrogens (tertiary/aromatic N) is 3. The lowest BCUT2D eigenvalue weighted by atomic mass is 10.2. The number of amides is 1. The van der Waals surface area contributed by atoms with Gasteiger partial charge in [-0.1, -0.05) is 30.3 Å². The Balaban J connectivity index is 1.60. The number of carbonyl (C=O) groups is 2. The Bertz CT molecular complexity index is 729. The summed E-state index contributed by atoms with van der Waals surface area (Å²) in [6.45, 7) is 1.24. The van der Waals surface area contributed by atoms with Crippen molar-refractivity contribution >= 4 is 12.1 Å². The summed E-state index contributed by atoms with van der Waals surface area (Å²) in [5.74, 6) is 0.247. The van der Waals surface area contributed by atoms with Crippen LogP contribution in [0, 0.1) is 0 Å².